The fourth-order valence-electron chi connectivity index (χ4n) is 4.77. The SMILES string of the molecule is C=C/C(OC)=C(OC)\C(=C/CNc1nccc(N2CCC[C@H](C(=O)NCc3cccc(-n4cccc4)c3)C2)n1)OC. The summed E-state index contributed by atoms with van der Waals surface area (Å²) in [5.41, 5.74) is 2.13. The summed E-state index contributed by atoms with van der Waals surface area (Å²) in [4.78, 5) is 24.3. The van der Waals surface area contributed by atoms with Crippen molar-refractivity contribution in [3.63, 3.8) is 0 Å². The van der Waals surface area contributed by atoms with E-state index < -0.39 is 0 Å². The molecule has 1 aromatic carbocycles. The number of nitrogens with one attached hydrogen (secondary N) is 2. The number of benzene rings is 1. The Hall–Kier alpha value is -4.73. The van der Waals surface area contributed by atoms with Crippen molar-refractivity contribution in [2.24, 2.45) is 5.92 Å². The van der Waals surface area contributed by atoms with Crippen LogP contribution >= 0.6 is 0 Å². The highest BCUT2D eigenvalue weighted by atomic mass is 16.5. The molecule has 1 fully saturated rings. The van der Waals surface area contributed by atoms with E-state index in [2.05, 4.69) is 48.8 Å². The van der Waals surface area contributed by atoms with Gasteiger partial charge in [0.2, 0.25) is 17.6 Å². The summed E-state index contributed by atoms with van der Waals surface area (Å²) in [6.07, 6.45) is 10.8. The topological polar surface area (TPSA) is 103 Å². The number of amides is 1. The molecule has 3 heterocycles. The Labute approximate surface area is 241 Å². The van der Waals surface area contributed by atoms with Gasteiger partial charge in [-0.2, -0.15) is 4.98 Å². The Kier molecular flexibility index (Phi) is 10.4. The van der Waals surface area contributed by atoms with Crippen LogP contribution in [-0.2, 0) is 25.5 Å². The molecule has 1 atom stereocenters. The van der Waals surface area contributed by atoms with Gasteiger partial charge in [0.15, 0.2) is 11.5 Å². The third kappa shape index (κ3) is 7.69. The number of methoxy groups -OCH3 is 3. The average molecular weight is 559 g/mol. The van der Waals surface area contributed by atoms with Gasteiger partial charge in [-0.05, 0) is 60.9 Å². The van der Waals surface area contributed by atoms with Crippen molar-refractivity contribution in [3.05, 3.63) is 103 Å². The maximum Gasteiger partial charge on any atom is 0.225 e. The molecule has 2 aromatic heterocycles. The van der Waals surface area contributed by atoms with Crippen molar-refractivity contribution in [3.8, 4) is 5.69 Å². The molecule has 0 unspecified atom stereocenters. The minimum absolute atomic E-state index is 0.0580. The van der Waals surface area contributed by atoms with Crippen molar-refractivity contribution in [2.45, 2.75) is 19.4 Å². The first-order chi connectivity index (χ1) is 20.1. The molecule has 41 heavy (non-hydrogen) atoms. The normalized spacial score (nSPS) is 15.9. The Morgan fingerprint density at radius 3 is 2.68 bits per heavy atom. The highest BCUT2D eigenvalue weighted by molar-refractivity contribution is 5.79. The second kappa shape index (κ2) is 14.6. The summed E-state index contributed by atoms with van der Waals surface area (Å²) < 4.78 is 18.3. The third-order valence-electron chi connectivity index (χ3n) is 6.86. The maximum absolute atomic E-state index is 13.1. The number of carbonyl (C=O) groups is 1. The molecule has 0 saturated carbocycles. The maximum atomic E-state index is 13.1. The minimum atomic E-state index is -0.117. The fraction of sp³-hybridized carbons (Fsp3) is 0.323. The van der Waals surface area contributed by atoms with Crippen LogP contribution in [0.5, 0.6) is 0 Å². The van der Waals surface area contributed by atoms with Crippen LogP contribution in [0.3, 0.4) is 0 Å². The van der Waals surface area contributed by atoms with Crippen LogP contribution in [0.15, 0.2) is 97.1 Å². The summed E-state index contributed by atoms with van der Waals surface area (Å²) in [5, 5.41) is 6.33. The number of anilines is 2. The molecule has 0 bridgehead atoms. The molecule has 4 rings (SSSR count). The van der Waals surface area contributed by atoms with Gasteiger partial charge in [0.25, 0.3) is 0 Å². The molecule has 0 spiro atoms. The van der Waals surface area contributed by atoms with Crippen molar-refractivity contribution < 1.29 is 19.0 Å². The molecule has 0 radical (unpaired) electrons. The molecule has 1 aliphatic heterocycles. The predicted octanol–water partition coefficient (Wildman–Crippen LogP) is 4.43. The van der Waals surface area contributed by atoms with Crippen LogP contribution in [-0.4, -0.2) is 61.4 Å². The monoisotopic (exact) mass is 558 g/mol. The van der Waals surface area contributed by atoms with Gasteiger partial charge in [-0.15, -0.1) is 0 Å². The number of carbonyl (C=O) groups excluding carboxylic acids is 1. The van der Waals surface area contributed by atoms with Gasteiger partial charge >= 0.3 is 0 Å². The second-order valence-electron chi connectivity index (χ2n) is 9.46. The number of rotatable bonds is 13. The summed E-state index contributed by atoms with van der Waals surface area (Å²) >= 11 is 0. The first-order valence-corrected chi connectivity index (χ1v) is 13.6. The van der Waals surface area contributed by atoms with Crippen LogP contribution in [0.4, 0.5) is 11.8 Å². The number of allylic oxidation sites excluding steroid dienone is 1. The molecular formula is C31H38N6O4. The Balaban J connectivity index is 1.34. The molecule has 10 nitrogen and oxygen atoms in total. The van der Waals surface area contributed by atoms with Crippen molar-refractivity contribution >= 4 is 17.7 Å². The first-order valence-electron chi connectivity index (χ1n) is 13.6. The second-order valence-corrected chi connectivity index (χ2v) is 9.46. The molecule has 3 aromatic rings. The molecular weight excluding hydrogens is 520 g/mol. The van der Waals surface area contributed by atoms with Crippen molar-refractivity contribution in [1.82, 2.24) is 19.9 Å². The third-order valence-corrected chi connectivity index (χ3v) is 6.86. The van der Waals surface area contributed by atoms with E-state index in [1.54, 1.807) is 33.6 Å². The number of piperidine rings is 1. The van der Waals surface area contributed by atoms with Crippen LogP contribution in [0, 0.1) is 5.92 Å². The zero-order valence-electron chi connectivity index (χ0n) is 23.9. The molecule has 2 N–H and O–H groups in total. The number of aromatic nitrogens is 3. The van der Waals surface area contributed by atoms with Crippen LogP contribution in [0.25, 0.3) is 5.69 Å². The largest absolute Gasteiger partial charge is 0.493 e. The van der Waals surface area contributed by atoms with Gasteiger partial charge in [-0.1, -0.05) is 18.7 Å². The van der Waals surface area contributed by atoms with E-state index in [4.69, 9.17) is 14.2 Å². The lowest BCUT2D eigenvalue weighted by atomic mass is 9.97. The highest BCUT2D eigenvalue weighted by Gasteiger charge is 2.26. The van der Waals surface area contributed by atoms with Crippen molar-refractivity contribution in [1.29, 1.82) is 0 Å². The number of hydrogen-bond donors (Lipinski definition) is 2. The number of nitrogens with zero attached hydrogens (tertiary/aromatic N) is 4. The lowest BCUT2D eigenvalue weighted by molar-refractivity contribution is -0.125. The van der Waals surface area contributed by atoms with E-state index in [1.165, 1.54) is 0 Å². The van der Waals surface area contributed by atoms with Gasteiger partial charge in [-0.3, -0.25) is 4.79 Å². The summed E-state index contributed by atoms with van der Waals surface area (Å²) in [6, 6.07) is 14.0. The van der Waals surface area contributed by atoms with E-state index >= 15 is 0 Å². The highest BCUT2D eigenvalue weighted by Crippen LogP contribution is 2.23. The average Bonchev–Trinajstić information content (AvgIpc) is 3.57. The molecule has 216 valence electrons. The van der Waals surface area contributed by atoms with Crippen LogP contribution < -0.4 is 15.5 Å². The lowest BCUT2D eigenvalue weighted by Crippen LogP contribution is -2.43. The van der Waals surface area contributed by atoms with Gasteiger partial charge in [0.05, 0.1) is 27.2 Å². The molecule has 1 aliphatic rings. The molecule has 0 aliphatic carbocycles. The zero-order valence-corrected chi connectivity index (χ0v) is 23.9. The first kappa shape index (κ1) is 29.3. The van der Waals surface area contributed by atoms with Crippen LogP contribution in [0.1, 0.15) is 18.4 Å². The fourth-order valence-corrected chi connectivity index (χ4v) is 4.77. The molecule has 1 saturated heterocycles. The molecule has 10 heteroatoms. The van der Waals surface area contributed by atoms with E-state index in [0.29, 0.717) is 42.9 Å². The number of hydrogen-bond acceptors (Lipinski definition) is 8. The van der Waals surface area contributed by atoms with E-state index in [0.717, 1.165) is 36.5 Å². The summed E-state index contributed by atoms with van der Waals surface area (Å²) in [5.74, 6) is 2.59. The zero-order chi connectivity index (χ0) is 29.0. The van der Waals surface area contributed by atoms with Crippen LogP contribution in [0.2, 0.25) is 0 Å². The Morgan fingerprint density at radius 2 is 1.95 bits per heavy atom. The summed E-state index contributed by atoms with van der Waals surface area (Å²) in [6.45, 7) is 6.05. The Morgan fingerprint density at radius 1 is 1.12 bits per heavy atom. The minimum Gasteiger partial charge on any atom is -0.493 e. The van der Waals surface area contributed by atoms with Gasteiger partial charge < -0.3 is 34.3 Å². The molecule has 1 amide bonds. The predicted molar refractivity (Wildman–Crippen MR) is 159 cm³/mol. The smallest absolute Gasteiger partial charge is 0.225 e. The Bertz CT molecular complexity index is 1370. The van der Waals surface area contributed by atoms with Gasteiger partial charge in [0, 0.05) is 50.5 Å². The van der Waals surface area contributed by atoms with E-state index in [9.17, 15) is 4.79 Å². The quantitative estimate of drug-likeness (QED) is 0.235. The summed E-state index contributed by atoms with van der Waals surface area (Å²) in [7, 11) is 4.64. The van der Waals surface area contributed by atoms with E-state index in [-0.39, 0.29) is 11.8 Å². The van der Waals surface area contributed by atoms with E-state index in [1.807, 2.05) is 48.8 Å². The lowest BCUT2D eigenvalue weighted by Gasteiger charge is -2.33. The van der Waals surface area contributed by atoms with Gasteiger partial charge in [-0.25, -0.2) is 4.98 Å². The van der Waals surface area contributed by atoms with Gasteiger partial charge in [0.1, 0.15) is 5.82 Å². The standard InChI is InChI=1S/C31H38N6O4/c1-5-26(39-2)29(41-4)27(40-3)13-15-32-31-33-16-14-28(35-31)37-19-9-11-24(22-37)30(38)34-21-23-10-8-12-25(20-23)36-17-6-7-18-36/h5-8,10,12-14,16-18,20,24H,1,9,11,15,19,21-22H2,2-4H3,(H,34,38)(H,32,33,35)/b27-13+,29-26-/t24-/m0/s1. The van der Waals surface area contributed by atoms with Crippen molar-refractivity contribution in [2.75, 3.05) is 51.2 Å². The number of ether oxygens (including phenoxy) is 3.